The average Bonchev–Trinajstić information content (AvgIpc) is 2.80. The molecule has 0 aromatic heterocycles. The third-order valence-corrected chi connectivity index (χ3v) is 5.09. The molecule has 0 radical (unpaired) electrons. The highest BCUT2D eigenvalue weighted by atomic mass is 28.3. The summed E-state index contributed by atoms with van der Waals surface area (Å²) < 4.78 is 4.99. The van der Waals surface area contributed by atoms with Gasteiger partial charge in [0.2, 0.25) is 0 Å². The molecule has 2 atom stereocenters. The lowest BCUT2D eigenvalue weighted by atomic mass is 10.3. The maximum absolute atomic E-state index is 11.4. The van der Waals surface area contributed by atoms with Crippen LogP contribution in [-0.2, 0) is 9.53 Å². The third-order valence-electron chi connectivity index (χ3n) is 2.79. The van der Waals surface area contributed by atoms with Gasteiger partial charge < -0.3 is 4.74 Å². The Labute approximate surface area is 87.3 Å². The molecule has 14 heavy (non-hydrogen) atoms. The minimum Gasteiger partial charge on any atom is -0.466 e. The minimum atomic E-state index is -1.27. The number of allylic oxidation sites excluding steroid dienone is 1. The smallest absolute Gasteiger partial charge is 0.309 e. The Hall–Kier alpha value is -0.573. The highest BCUT2D eigenvalue weighted by Crippen LogP contribution is 2.47. The molecule has 1 saturated carbocycles. The summed E-state index contributed by atoms with van der Waals surface area (Å²) in [7, 11) is -1.27. The lowest BCUT2D eigenvalue weighted by Crippen LogP contribution is -2.25. The van der Waals surface area contributed by atoms with Crippen LogP contribution in [0.2, 0.25) is 19.6 Å². The summed E-state index contributed by atoms with van der Waals surface area (Å²) in [5, 5.41) is 1.32. The topological polar surface area (TPSA) is 26.3 Å². The molecule has 0 saturated heterocycles. The fourth-order valence-electron chi connectivity index (χ4n) is 1.65. The fraction of sp³-hybridized carbons (Fsp3) is 0.727. The van der Waals surface area contributed by atoms with Gasteiger partial charge in [0, 0.05) is 0 Å². The Morgan fingerprint density at radius 2 is 2.00 bits per heavy atom. The van der Waals surface area contributed by atoms with Gasteiger partial charge in [0.1, 0.15) is 0 Å². The molecule has 0 aromatic rings. The van der Waals surface area contributed by atoms with E-state index in [2.05, 4.69) is 26.2 Å². The van der Waals surface area contributed by atoms with E-state index in [-0.39, 0.29) is 11.9 Å². The van der Waals surface area contributed by atoms with E-state index < -0.39 is 8.07 Å². The van der Waals surface area contributed by atoms with Crippen molar-refractivity contribution in [1.82, 2.24) is 0 Å². The molecule has 2 unspecified atom stereocenters. The van der Waals surface area contributed by atoms with Crippen molar-refractivity contribution in [2.45, 2.75) is 33.0 Å². The van der Waals surface area contributed by atoms with E-state index >= 15 is 0 Å². The van der Waals surface area contributed by atoms with Gasteiger partial charge in [0.15, 0.2) is 0 Å². The average molecular weight is 212 g/mol. The molecular weight excluding hydrogens is 192 g/mol. The van der Waals surface area contributed by atoms with Gasteiger partial charge in [-0.3, -0.25) is 4.79 Å². The number of carbonyl (C=O) groups excluding carboxylic acids is 1. The lowest BCUT2D eigenvalue weighted by molar-refractivity contribution is -0.144. The molecule has 3 heteroatoms. The number of carbonyl (C=O) groups is 1. The molecule has 80 valence electrons. The van der Waals surface area contributed by atoms with Crippen LogP contribution in [0.15, 0.2) is 11.8 Å². The first-order chi connectivity index (χ1) is 6.38. The molecule has 1 aliphatic rings. The molecule has 0 amide bonds. The fourth-order valence-corrected chi connectivity index (χ4v) is 3.08. The Morgan fingerprint density at radius 1 is 1.43 bits per heavy atom. The highest BCUT2D eigenvalue weighted by Gasteiger charge is 2.48. The van der Waals surface area contributed by atoms with Crippen LogP contribution in [-0.4, -0.2) is 20.7 Å². The molecule has 0 spiro atoms. The van der Waals surface area contributed by atoms with Crippen LogP contribution < -0.4 is 0 Å². The second-order valence-corrected chi connectivity index (χ2v) is 10.1. The SMILES string of the molecule is C=C(C1CC1C(=O)OCC)[Si](C)(C)C. The Kier molecular flexibility index (Phi) is 3.19. The van der Waals surface area contributed by atoms with Crippen LogP contribution in [0.3, 0.4) is 0 Å². The molecule has 1 aliphatic carbocycles. The number of ether oxygens (including phenoxy) is 1. The van der Waals surface area contributed by atoms with Gasteiger partial charge in [0.25, 0.3) is 0 Å². The van der Waals surface area contributed by atoms with Gasteiger partial charge in [-0.25, -0.2) is 0 Å². The van der Waals surface area contributed by atoms with Crippen LogP contribution in [0.1, 0.15) is 13.3 Å². The second kappa shape index (κ2) is 3.89. The maximum Gasteiger partial charge on any atom is 0.309 e. The molecule has 1 fully saturated rings. The van der Waals surface area contributed by atoms with Crippen molar-refractivity contribution in [3.05, 3.63) is 11.8 Å². The quantitative estimate of drug-likeness (QED) is 0.529. The standard InChI is InChI=1S/C11H20O2Si/c1-6-13-11(12)10-7-9(10)8(2)14(3,4)5/h9-10H,2,6-7H2,1,3-5H3. The molecule has 0 bridgehead atoms. The number of hydrogen-bond donors (Lipinski definition) is 0. The van der Waals surface area contributed by atoms with Crippen LogP contribution >= 0.6 is 0 Å². The van der Waals surface area contributed by atoms with Gasteiger partial charge in [-0.05, 0) is 19.3 Å². The van der Waals surface area contributed by atoms with E-state index in [0.717, 1.165) is 6.42 Å². The van der Waals surface area contributed by atoms with Crippen molar-refractivity contribution in [2.75, 3.05) is 6.61 Å². The monoisotopic (exact) mass is 212 g/mol. The Bertz CT molecular complexity index is 253. The van der Waals surface area contributed by atoms with Crippen LogP contribution in [0, 0.1) is 11.8 Å². The van der Waals surface area contributed by atoms with Crippen molar-refractivity contribution >= 4 is 14.0 Å². The number of hydrogen-bond acceptors (Lipinski definition) is 2. The molecule has 0 heterocycles. The summed E-state index contributed by atoms with van der Waals surface area (Å²) in [4.78, 5) is 11.4. The summed E-state index contributed by atoms with van der Waals surface area (Å²) in [6, 6.07) is 0. The van der Waals surface area contributed by atoms with Crippen molar-refractivity contribution in [3.8, 4) is 0 Å². The first kappa shape index (κ1) is 11.5. The molecular formula is C11H20O2Si. The second-order valence-electron chi connectivity index (χ2n) is 4.98. The zero-order chi connectivity index (χ0) is 10.9. The van der Waals surface area contributed by atoms with Gasteiger partial charge >= 0.3 is 5.97 Å². The molecule has 0 aromatic carbocycles. The van der Waals surface area contributed by atoms with Gasteiger partial charge in [-0.1, -0.05) is 24.8 Å². The Balaban J connectivity index is 2.47. The van der Waals surface area contributed by atoms with Crippen molar-refractivity contribution in [1.29, 1.82) is 0 Å². The predicted molar refractivity (Wildman–Crippen MR) is 60.7 cm³/mol. The summed E-state index contributed by atoms with van der Waals surface area (Å²) in [6.07, 6.45) is 0.960. The van der Waals surface area contributed by atoms with Crippen LogP contribution in [0.5, 0.6) is 0 Å². The van der Waals surface area contributed by atoms with E-state index in [1.165, 1.54) is 5.20 Å². The number of esters is 1. The highest BCUT2D eigenvalue weighted by molar-refractivity contribution is 6.83. The summed E-state index contributed by atoms with van der Waals surface area (Å²) in [5.41, 5.74) is 0. The van der Waals surface area contributed by atoms with Gasteiger partial charge in [0.05, 0.1) is 20.6 Å². The van der Waals surface area contributed by atoms with E-state index in [1.807, 2.05) is 6.92 Å². The largest absolute Gasteiger partial charge is 0.466 e. The minimum absolute atomic E-state index is 0.0306. The zero-order valence-corrected chi connectivity index (χ0v) is 10.6. The first-order valence-corrected chi connectivity index (χ1v) is 8.73. The van der Waals surface area contributed by atoms with Gasteiger partial charge in [-0.15, -0.1) is 6.58 Å². The van der Waals surface area contributed by atoms with Crippen molar-refractivity contribution in [2.24, 2.45) is 11.8 Å². The maximum atomic E-state index is 11.4. The molecule has 1 rings (SSSR count). The molecule has 0 aliphatic heterocycles. The lowest BCUT2D eigenvalue weighted by Gasteiger charge is -2.19. The van der Waals surface area contributed by atoms with Crippen LogP contribution in [0.4, 0.5) is 0 Å². The summed E-state index contributed by atoms with van der Waals surface area (Å²) in [6.45, 7) is 13.3. The zero-order valence-electron chi connectivity index (χ0n) is 9.59. The van der Waals surface area contributed by atoms with E-state index in [9.17, 15) is 4.79 Å². The van der Waals surface area contributed by atoms with E-state index in [1.54, 1.807) is 0 Å². The Morgan fingerprint density at radius 3 is 2.43 bits per heavy atom. The van der Waals surface area contributed by atoms with Crippen molar-refractivity contribution in [3.63, 3.8) is 0 Å². The first-order valence-electron chi connectivity index (χ1n) is 5.23. The predicted octanol–water partition coefficient (Wildman–Crippen LogP) is 2.62. The van der Waals surface area contributed by atoms with E-state index in [4.69, 9.17) is 4.74 Å². The molecule has 0 N–H and O–H groups in total. The third kappa shape index (κ3) is 2.47. The van der Waals surface area contributed by atoms with E-state index in [0.29, 0.717) is 12.5 Å². The number of rotatable bonds is 4. The summed E-state index contributed by atoms with van der Waals surface area (Å²) >= 11 is 0. The van der Waals surface area contributed by atoms with Gasteiger partial charge in [-0.2, -0.15) is 0 Å². The van der Waals surface area contributed by atoms with Crippen LogP contribution in [0.25, 0.3) is 0 Å². The molecule has 2 nitrogen and oxygen atoms in total. The normalized spacial score (nSPS) is 25.7. The summed E-state index contributed by atoms with van der Waals surface area (Å²) in [5.74, 6) is 0.506. The van der Waals surface area contributed by atoms with Crippen molar-refractivity contribution < 1.29 is 9.53 Å².